The van der Waals surface area contributed by atoms with Gasteiger partial charge in [-0.15, -0.1) is 0 Å². The number of primary amides is 1. The molecule has 0 heterocycles. The average molecular weight is 181 g/mol. The second kappa shape index (κ2) is 3.10. The fourth-order valence-corrected chi connectivity index (χ4v) is 0.882. The quantitative estimate of drug-likeness (QED) is 0.387. The SMILES string of the molecule is NC(=O)c1cc(N)cc([N+](=O)[O-])c1. The molecule has 0 aromatic heterocycles. The fourth-order valence-electron chi connectivity index (χ4n) is 0.882. The van der Waals surface area contributed by atoms with Gasteiger partial charge in [-0.3, -0.25) is 14.9 Å². The number of nitro groups is 1. The third-order valence-corrected chi connectivity index (χ3v) is 1.44. The molecule has 0 aliphatic rings. The Morgan fingerprint density at radius 2 is 2.00 bits per heavy atom. The largest absolute Gasteiger partial charge is 0.399 e. The lowest BCUT2D eigenvalue weighted by Gasteiger charge is -1.98. The van der Waals surface area contributed by atoms with Crippen molar-refractivity contribution in [2.45, 2.75) is 0 Å². The summed E-state index contributed by atoms with van der Waals surface area (Å²) in [6, 6.07) is 3.53. The summed E-state index contributed by atoms with van der Waals surface area (Å²) in [5.74, 6) is -0.740. The molecule has 1 amide bonds. The summed E-state index contributed by atoms with van der Waals surface area (Å²) < 4.78 is 0. The van der Waals surface area contributed by atoms with E-state index in [0.29, 0.717) is 0 Å². The molecule has 68 valence electrons. The van der Waals surface area contributed by atoms with Gasteiger partial charge < -0.3 is 11.5 Å². The van der Waals surface area contributed by atoms with E-state index in [4.69, 9.17) is 11.5 Å². The molecule has 0 radical (unpaired) electrons. The number of hydrogen-bond donors (Lipinski definition) is 2. The van der Waals surface area contributed by atoms with E-state index in [1.165, 1.54) is 6.07 Å². The smallest absolute Gasteiger partial charge is 0.272 e. The van der Waals surface area contributed by atoms with Crippen LogP contribution in [0.5, 0.6) is 0 Å². The van der Waals surface area contributed by atoms with Gasteiger partial charge in [0, 0.05) is 23.4 Å². The van der Waals surface area contributed by atoms with Crippen molar-refractivity contribution in [2.24, 2.45) is 5.73 Å². The second-order valence-electron chi connectivity index (χ2n) is 2.43. The molecule has 0 bridgehead atoms. The Morgan fingerprint density at radius 3 is 2.46 bits per heavy atom. The van der Waals surface area contributed by atoms with E-state index in [0.717, 1.165) is 12.1 Å². The first kappa shape index (κ1) is 8.98. The van der Waals surface area contributed by atoms with Gasteiger partial charge in [0.25, 0.3) is 5.69 Å². The molecule has 0 fully saturated rings. The Kier molecular flexibility index (Phi) is 2.14. The summed E-state index contributed by atoms with van der Waals surface area (Å²) in [6.45, 7) is 0. The van der Waals surface area contributed by atoms with E-state index in [-0.39, 0.29) is 16.9 Å². The van der Waals surface area contributed by atoms with Crippen molar-refractivity contribution < 1.29 is 9.72 Å². The molecule has 0 atom stereocenters. The Labute approximate surface area is 73.3 Å². The van der Waals surface area contributed by atoms with Gasteiger partial charge in [-0.1, -0.05) is 0 Å². The first-order valence-electron chi connectivity index (χ1n) is 3.35. The van der Waals surface area contributed by atoms with Crippen LogP contribution in [0.4, 0.5) is 11.4 Å². The molecule has 13 heavy (non-hydrogen) atoms. The van der Waals surface area contributed by atoms with Gasteiger partial charge in [-0.25, -0.2) is 0 Å². The summed E-state index contributed by atoms with van der Waals surface area (Å²) in [7, 11) is 0. The van der Waals surface area contributed by atoms with E-state index < -0.39 is 10.8 Å². The topological polar surface area (TPSA) is 112 Å². The maximum absolute atomic E-state index is 10.7. The van der Waals surface area contributed by atoms with E-state index in [1.807, 2.05) is 0 Å². The summed E-state index contributed by atoms with van der Waals surface area (Å²) >= 11 is 0. The predicted molar refractivity (Wildman–Crippen MR) is 46.0 cm³/mol. The molecule has 1 aromatic carbocycles. The minimum absolute atomic E-state index is 0.0340. The number of rotatable bonds is 2. The standard InChI is InChI=1S/C7H7N3O3/c8-5-1-4(7(9)11)2-6(3-5)10(12)13/h1-3H,8H2,(H2,9,11). The minimum Gasteiger partial charge on any atom is -0.399 e. The Bertz CT molecular complexity index is 343. The number of nitrogens with zero attached hydrogens (tertiary/aromatic N) is 1. The van der Waals surface area contributed by atoms with E-state index in [9.17, 15) is 14.9 Å². The lowest BCUT2D eigenvalue weighted by molar-refractivity contribution is -0.384. The highest BCUT2D eigenvalue weighted by molar-refractivity contribution is 5.94. The van der Waals surface area contributed by atoms with Gasteiger partial charge in [-0.2, -0.15) is 0 Å². The molecule has 4 N–H and O–H groups in total. The molecule has 0 aliphatic heterocycles. The van der Waals surface area contributed by atoms with Gasteiger partial charge in [0.05, 0.1) is 4.92 Å². The van der Waals surface area contributed by atoms with Crippen LogP contribution in [0.1, 0.15) is 10.4 Å². The van der Waals surface area contributed by atoms with Crippen molar-refractivity contribution >= 4 is 17.3 Å². The third-order valence-electron chi connectivity index (χ3n) is 1.44. The number of nitrogens with two attached hydrogens (primary N) is 2. The van der Waals surface area contributed by atoms with Gasteiger partial charge in [0.2, 0.25) is 5.91 Å². The summed E-state index contributed by atoms with van der Waals surface area (Å²) in [5.41, 5.74) is 10.2. The van der Waals surface area contributed by atoms with Crippen molar-refractivity contribution in [3.05, 3.63) is 33.9 Å². The lowest BCUT2D eigenvalue weighted by atomic mass is 10.1. The number of nitrogen functional groups attached to an aromatic ring is 1. The monoisotopic (exact) mass is 181 g/mol. The van der Waals surface area contributed by atoms with E-state index in [2.05, 4.69) is 0 Å². The fraction of sp³-hybridized carbons (Fsp3) is 0. The van der Waals surface area contributed by atoms with Crippen LogP contribution in [0.15, 0.2) is 18.2 Å². The highest BCUT2D eigenvalue weighted by Gasteiger charge is 2.10. The van der Waals surface area contributed by atoms with Gasteiger partial charge in [0.15, 0.2) is 0 Å². The zero-order valence-electron chi connectivity index (χ0n) is 6.56. The lowest BCUT2D eigenvalue weighted by Crippen LogP contribution is -2.11. The number of amides is 1. The molecule has 0 spiro atoms. The number of carbonyl (C=O) groups is 1. The van der Waals surface area contributed by atoms with Crippen LogP contribution in [0, 0.1) is 10.1 Å². The Balaban J connectivity index is 3.26. The molecule has 6 heteroatoms. The summed E-state index contributed by atoms with van der Waals surface area (Å²) in [6.07, 6.45) is 0. The Hall–Kier alpha value is -2.11. The average Bonchev–Trinajstić information content (AvgIpc) is 2.03. The van der Waals surface area contributed by atoms with Gasteiger partial charge >= 0.3 is 0 Å². The van der Waals surface area contributed by atoms with Crippen LogP contribution in [0.3, 0.4) is 0 Å². The van der Waals surface area contributed by atoms with Crippen molar-refractivity contribution in [1.82, 2.24) is 0 Å². The van der Waals surface area contributed by atoms with E-state index in [1.54, 1.807) is 0 Å². The van der Waals surface area contributed by atoms with Crippen LogP contribution in [0.25, 0.3) is 0 Å². The van der Waals surface area contributed by atoms with Crippen LogP contribution < -0.4 is 11.5 Å². The van der Waals surface area contributed by atoms with Gasteiger partial charge in [-0.05, 0) is 6.07 Å². The number of nitro benzene ring substituents is 1. The first-order valence-corrected chi connectivity index (χ1v) is 3.35. The summed E-state index contributed by atoms with van der Waals surface area (Å²) in [5, 5.41) is 10.3. The molecule has 0 aliphatic carbocycles. The van der Waals surface area contributed by atoms with Crippen LogP contribution in [0.2, 0.25) is 0 Å². The summed E-state index contributed by atoms with van der Waals surface area (Å²) in [4.78, 5) is 20.4. The zero-order chi connectivity index (χ0) is 10.0. The third kappa shape index (κ3) is 1.92. The van der Waals surface area contributed by atoms with Gasteiger partial charge in [0.1, 0.15) is 0 Å². The predicted octanol–water partition coefficient (Wildman–Crippen LogP) is 0.276. The van der Waals surface area contributed by atoms with E-state index >= 15 is 0 Å². The second-order valence-corrected chi connectivity index (χ2v) is 2.43. The molecule has 1 rings (SSSR count). The highest BCUT2D eigenvalue weighted by Crippen LogP contribution is 2.17. The molecule has 1 aromatic rings. The zero-order valence-corrected chi connectivity index (χ0v) is 6.56. The minimum atomic E-state index is -0.740. The normalized spacial score (nSPS) is 9.54. The molecule has 6 nitrogen and oxygen atoms in total. The number of non-ortho nitro benzene ring substituents is 1. The van der Waals surface area contributed by atoms with Crippen molar-refractivity contribution in [2.75, 3.05) is 5.73 Å². The molecule has 0 saturated heterocycles. The molecule has 0 saturated carbocycles. The highest BCUT2D eigenvalue weighted by atomic mass is 16.6. The van der Waals surface area contributed by atoms with Crippen LogP contribution >= 0.6 is 0 Å². The molecular weight excluding hydrogens is 174 g/mol. The van der Waals surface area contributed by atoms with Crippen molar-refractivity contribution in [3.63, 3.8) is 0 Å². The Morgan fingerprint density at radius 1 is 1.38 bits per heavy atom. The van der Waals surface area contributed by atoms with Crippen LogP contribution in [-0.4, -0.2) is 10.8 Å². The first-order chi connectivity index (χ1) is 6.00. The number of hydrogen-bond acceptors (Lipinski definition) is 4. The number of benzene rings is 1. The molecular formula is C7H7N3O3. The number of carbonyl (C=O) groups excluding carboxylic acids is 1. The number of anilines is 1. The van der Waals surface area contributed by atoms with Crippen molar-refractivity contribution in [3.8, 4) is 0 Å². The van der Waals surface area contributed by atoms with Crippen LogP contribution in [-0.2, 0) is 0 Å². The maximum Gasteiger partial charge on any atom is 0.272 e. The van der Waals surface area contributed by atoms with Crippen molar-refractivity contribution in [1.29, 1.82) is 0 Å². The maximum atomic E-state index is 10.7. The molecule has 0 unspecified atom stereocenters.